The first kappa shape index (κ1) is 13.6. The van der Waals surface area contributed by atoms with Crippen molar-refractivity contribution in [2.24, 2.45) is 5.92 Å². The molecule has 0 saturated carbocycles. The summed E-state index contributed by atoms with van der Waals surface area (Å²) >= 11 is 0. The third-order valence-corrected chi connectivity index (χ3v) is 3.61. The van der Waals surface area contributed by atoms with Gasteiger partial charge in [-0.15, -0.1) is 0 Å². The molecule has 0 bridgehead atoms. The standard InChI is InChI=1S/C15H22N2/c1-6-14(9-16)10-17(5)15-8-7-11(2)12(3)13(15)4/h7-8,14H,6,10H2,1-5H3. The van der Waals surface area contributed by atoms with E-state index in [0.717, 1.165) is 13.0 Å². The van der Waals surface area contributed by atoms with Crippen molar-refractivity contribution in [2.75, 3.05) is 18.5 Å². The number of nitrogens with zero attached hydrogens (tertiary/aromatic N) is 2. The van der Waals surface area contributed by atoms with E-state index in [1.54, 1.807) is 0 Å². The van der Waals surface area contributed by atoms with Gasteiger partial charge in [0.15, 0.2) is 0 Å². The molecule has 1 rings (SSSR count). The minimum absolute atomic E-state index is 0.112. The van der Waals surface area contributed by atoms with Crippen LogP contribution in [0.2, 0.25) is 0 Å². The molecule has 0 aliphatic rings. The van der Waals surface area contributed by atoms with Gasteiger partial charge in [-0.25, -0.2) is 0 Å². The molecule has 1 aromatic rings. The number of hydrogen-bond donors (Lipinski definition) is 0. The second-order valence-corrected chi connectivity index (χ2v) is 4.77. The van der Waals surface area contributed by atoms with Crippen molar-refractivity contribution >= 4 is 5.69 Å². The molecule has 0 aromatic heterocycles. The molecule has 0 amide bonds. The number of nitriles is 1. The number of aryl methyl sites for hydroxylation is 1. The quantitative estimate of drug-likeness (QED) is 0.790. The van der Waals surface area contributed by atoms with E-state index in [9.17, 15) is 0 Å². The Balaban J connectivity index is 2.94. The average molecular weight is 230 g/mol. The van der Waals surface area contributed by atoms with Crippen LogP contribution in [0.4, 0.5) is 5.69 Å². The van der Waals surface area contributed by atoms with Crippen LogP contribution < -0.4 is 4.90 Å². The van der Waals surface area contributed by atoms with Crippen molar-refractivity contribution in [1.82, 2.24) is 0 Å². The topological polar surface area (TPSA) is 27.0 Å². The first-order valence-corrected chi connectivity index (χ1v) is 6.18. The number of hydrogen-bond acceptors (Lipinski definition) is 2. The first-order valence-electron chi connectivity index (χ1n) is 6.18. The van der Waals surface area contributed by atoms with Crippen LogP contribution in [0.25, 0.3) is 0 Å². The van der Waals surface area contributed by atoms with E-state index in [2.05, 4.69) is 57.8 Å². The van der Waals surface area contributed by atoms with Crippen molar-refractivity contribution in [3.05, 3.63) is 28.8 Å². The molecule has 1 aromatic carbocycles. The van der Waals surface area contributed by atoms with Gasteiger partial charge in [0.2, 0.25) is 0 Å². The second-order valence-electron chi connectivity index (χ2n) is 4.77. The monoisotopic (exact) mass is 230 g/mol. The number of anilines is 1. The molecule has 92 valence electrons. The Morgan fingerprint density at radius 1 is 1.24 bits per heavy atom. The van der Waals surface area contributed by atoms with E-state index in [-0.39, 0.29) is 5.92 Å². The van der Waals surface area contributed by atoms with Gasteiger partial charge in [0.25, 0.3) is 0 Å². The Labute approximate surface area is 105 Å². The highest BCUT2D eigenvalue weighted by molar-refractivity contribution is 5.57. The molecule has 1 unspecified atom stereocenters. The van der Waals surface area contributed by atoms with E-state index >= 15 is 0 Å². The Hall–Kier alpha value is -1.49. The highest BCUT2D eigenvalue weighted by atomic mass is 15.1. The van der Waals surface area contributed by atoms with Crippen molar-refractivity contribution in [3.8, 4) is 6.07 Å². The summed E-state index contributed by atoms with van der Waals surface area (Å²) in [7, 11) is 2.07. The molecule has 0 aliphatic heterocycles. The molecule has 2 heteroatoms. The normalized spacial score (nSPS) is 12.0. The lowest BCUT2D eigenvalue weighted by molar-refractivity contribution is 0.630. The van der Waals surface area contributed by atoms with Crippen molar-refractivity contribution in [1.29, 1.82) is 5.26 Å². The third kappa shape index (κ3) is 3.00. The zero-order chi connectivity index (χ0) is 13.0. The minimum atomic E-state index is 0.112. The summed E-state index contributed by atoms with van der Waals surface area (Å²) in [5.41, 5.74) is 5.23. The summed E-state index contributed by atoms with van der Waals surface area (Å²) in [6.07, 6.45) is 0.907. The lowest BCUT2D eigenvalue weighted by Crippen LogP contribution is -2.25. The summed E-state index contributed by atoms with van der Waals surface area (Å²) < 4.78 is 0. The Morgan fingerprint density at radius 2 is 1.88 bits per heavy atom. The van der Waals surface area contributed by atoms with Crippen LogP contribution in [-0.2, 0) is 0 Å². The Bertz CT molecular complexity index is 429. The fraction of sp³-hybridized carbons (Fsp3) is 0.533. The molecule has 0 heterocycles. The smallest absolute Gasteiger partial charge is 0.0674 e. The summed E-state index contributed by atoms with van der Waals surface area (Å²) in [5.74, 6) is 0.112. The van der Waals surface area contributed by atoms with Crippen LogP contribution in [0.3, 0.4) is 0 Å². The third-order valence-electron chi connectivity index (χ3n) is 3.61. The van der Waals surface area contributed by atoms with Crippen LogP contribution in [0.15, 0.2) is 12.1 Å². The maximum Gasteiger partial charge on any atom is 0.0674 e. The van der Waals surface area contributed by atoms with Crippen molar-refractivity contribution < 1.29 is 0 Å². The highest BCUT2D eigenvalue weighted by Crippen LogP contribution is 2.25. The fourth-order valence-electron chi connectivity index (χ4n) is 2.05. The Kier molecular flexibility index (Phi) is 4.57. The van der Waals surface area contributed by atoms with E-state index < -0.39 is 0 Å². The number of rotatable bonds is 4. The van der Waals surface area contributed by atoms with E-state index in [4.69, 9.17) is 5.26 Å². The molecule has 2 nitrogen and oxygen atoms in total. The van der Waals surface area contributed by atoms with E-state index in [1.165, 1.54) is 22.4 Å². The van der Waals surface area contributed by atoms with E-state index in [1.807, 2.05) is 0 Å². The largest absolute Gasteiger partial charge is 0.373 e. The second kappa shape index (κ2) is 5.72. The van der Waals surface area contributed by atoms with Crippen LogP contribution in [0, 0.1) is 38.0 Å². The summed E-state index contributed by atoms with van der Waals surface area (Å²) in [5, 5.41) is 9.01. The molecule has 0 aliphatic carbocycles. The van der Waals surface area contributed by atoms with Gasteiger partial charge in [-0.05, 0) is 49.9 Å². The molecule has 1 atom stereocenters. The average Bonchev–Trinajstić information content (AvgIpc) is 2.32. The lowest BCUT2D eigenvalue weighted by Gasteiger charge is -2.24. The molecule has 0 fully saturated rings. The van der Waals surface area contributed by atoms with Gasteiger partial charge in [-0.2, -0.15) is 5.26 Å². The van der Waals surface area contributed by atoms with Gasteiger partial charge in [-0.1, -0.05) is 13.0 Å². The maximum absolute atomic E-state index is 9.01. The highest BCUT2D eigenvalue weighted by Gasteiger charge is 2.12. The van der Waals surface area contributed by atoms with E-state index in [0.29, 0.717) is 0 Å². The SMILES string of the molecule is CCC(C#N)CN(C)c1ccc(C)c(C)c1C. The Morgan fingerprint density at radius 3 is 2.41 bits per heavy atom. The molecule has 17 heavy (non-hydrogen) atoms. The zero-order valence-electron chi connectivity index (χ0n) is 11.5. The summed E-state index contributed by atoms with van der Waals surface area (Å²) in [6.45, 7) is 9.31. The molecule has 0 spiro atoms. The minimum Gasteiger partial charge on any atom is -0.373 e. The van der Waals surface area contributed by atoms with Crippen LogP contribution in [0.1, 0.15) is 30.0 Å². The summed E-state index contributed by atoms with van der Waals surface area (Å²) in [4.78, 5) is 2.19. The molecule has 0 N–H and O–H groups in total. The summed E-state index contributed by atoms with van der Waals surface area (Å²) in [6, 6.07) is 6.66. The molecule has 0 saturated heterocycles. The fourth-order valence-corrected chi connectivity index (χ4v) is 2.05. The predicted octanol–water partition coefficient (Wildman–Crippen LogP) is 3.60. The van der Waals surface area contributed by atoms with Gasteiger partial charge in [0, 0.05) is 19.3 Å². The lowest BCUT2D eigenvalue weighted by atomic mass is 10.0. The van der Waals surface area contributed by atoms with Crippen molar-refractivity contribution in [3.63, 3.8) is 0 Å². The van der Waals surface area contributed by atoms with Crippen molar-refractivity contribution in [2.45, 2.75) is 34.1 Å². The van der Waals surface area contributed by atoms with Gasteiger partial charge >= 0.3 is 0 Å². The zero-order valence-corrected chi connectivity index (χ0v) is 11.5. The number of benzene rings is 1. The first-order chi connectivity index (χ1) is 8.01. The maximum atomic E-state index is 9.01. The molecular formula is C15H22N2. The molecule has 0 radical (unpaired) electrons. The predicted molar refractivity (Wildman–Crippen MR) is 73.3 cm³/mol. The van der Waals surface area contributed by atoms with Gasteiger partial charge in [0.05, 0.1) is 12.0 Å². The van der Waals surface area contributed by atoms with Crippen LogP contribution in [0.5, 0.6) is 0 Å². The molecular weight excluding hydrogens is 208 g/mol. The van der Waals surface area contributed by atoms with Gasteiger partial charge < -0.3 is 4.90 Å². The van der Waals surface area contributed by atoms with Crippen LogP contribution in [-0.4, -0.2) is 13.6 Å². The van der Waals surface area contributed by atoms with Crippen LogP contribution >= 0.6 is 0 Å². The van der Waals surface area contributed by atoms with Gasteiger partial charge in [-0.3, -0.25) is 0 Å². The van der Waals surface area contributed by atoms with Gasteiger partial charge in [0.1, 0.15) is 0 Å².